The number of aliphatic carboxylic acids is 1. The minimum Gasteiger partial charge on any atom is -0.480 e. The lowest BCUT2D eigenvalue weighted by molar-refractivity contribution is -0.138. The molecule has 0 aliphatic carbocycles. The molecule has 2 rings (SSSR count). The summed E-state index contributed by atoms with van der Waals surface area (Å²) < 4.78 is 13.7. The molecule has 1 saturated heterocycles. The molecule has 0 unspecified atom stereocenters. The first-order chi connectivity index (χ1) is 9.97. The van der Waals surface area contributed by atoms with Gasteiger partial charge in [-0.1, -0.05) is 0 Å². The van der Waals surface area contributed by atoms with Crippen molar-refractivity contribution in [3.8, 4) is 0 Å². The van der Waals surface area contributed by atoms with E-state index in [-0.39, 0.29) is 18.3 Å². The maximum Gasteiger partial charge on any atom is 0.317 e. The fourth-order valence-electron chi connectivity index (χ4n) is 2.36. The van der Waals surface area contributed by atoms with Crippen LogP contribution in [0.1, 0.15) is 16.8 Å². The Hall–Kier alpha value is -1.22. The van der Waals surface area contributed by atoms with E-state index in [1.54, 1.807) is 4.90 Å². The second-order valence-electron chi connectivity index (χ2n) is 4.94. The molecule has 114 valence electrons. The van der Waals surface area contributed by atoms with Crippen molar-refractivity contribution in [2.75, 3.05) is 32.7 Å². The topological polar surface area (TPSA) is 60.9 Å². The smallest absolute Gasteiger partial charge is 0.317 e. The van der Waals surface area contributed by atoms with Crippen LogP contribution < -0.4 is 0 Å². The van der Waals surface area contributed by atoms with Crippen molar-refractivity contribution in [1.29, 1.82) is 0 Å². The van der Waals surface area contributed by atoms with Crippen molar-refractivity contribution in [2.45, 2.75) is 6.42 Å². The Morgan fingerprint density at radius 2 is 2.00 bits per heavy atom. The molecular formula is C14H16FIN2O3. The molecule has 1 N–H and O–H groups in total. The zero-order valence-electron chi connectivity index (χ0n) is 11.4. The van der Waals surface area contributed by atoms with Crippen LogP contribution in [-0.4, -0.2) is 59.5 Å². The number of halogens is 2. The maximum atomic E-state index is 13.1. The third-order valence-electron chi connectivity index (χ3n) is 3.40. The van der Waals surface area contributed by atoms with Crippen molar-refractivity contribution < 1.29 is 19.1 Å². The van der Waals surface area contributed by atoms with Crippen molar-refractivity contribution in [3.63, 3.8) is 0 Å². The second-order valence-corrected chi connectivity index (χ2v) is 6.10. The minimum atomic E-state index is -0.858. The summed E-state index contributed by atoms with van der Waals surface area (Å²) in [7, 11) is 0. The Labute approximate surface area is 135 Å². The lowest BCUT2D eigenvalue weighted by Gasteiger charge is -2.21. The molecule has 0 spiro atoms. The number of nitrogens with zero attached hydrogens (tertiary/aromatic N) is 2. The highest BCUT2D eigenvalue weighted by atomic mass is 127. The van der Waals surface area contributed by atoms with Gasteiger partial charge in [-0.15, -0.1) is 0 Å². The van der Waals surface area contributed by atoms with Crippen LogP contribution in [-0.2, 0) is 4.79 Å². The number of benzene rings is 1. The lowest BCUT2D eigenvalue weighted by Crippen LogP contribution is -2.37. The van der Waals surface area contributed by atoms with Crippen LogP contribution >= 0.6 is 22.6 Å². The summed E-state index contributed by atoms with van der Waals surface area (Å²) in [4.78, 5) is 26.7. The highest BCUT2D eigenvalue weighted by Crippen LogP contribution is 2.17. The van der Waals surface area contributed by atoms with E-state index in [1.807, 2.05) is 27.5 Å². The molecule has 21 heavy (non-hydrogen) atoms. The SMILES string of the molecule is O=C(O)CN1CCCN(C(=O)c2ccc(F)cc2I)CC1. The second kappa shape index (κ2) is 7.17. The van der Waals surface area contributed by atoms with Crippen LogP contribution in [0, 0.1) is 9.39 Å². The molecule has 1 fully saturated rings. The molecule has 5 nitrogen and oxygen atoms in total. The van der Waals surface area contributed by atoms with Crippen LogP contribution in [0.15, 0.2) is 18.2 Å². The molecule has 1 aromatic carbocycles. The number of carbonyl (C=O) groups is 2. The summed E-state index contributed by atoms with van der Waals surface area (Å²) in [6, 6.07) is 4.12. The Morgan fingerprint density at radius 1 is 1.24 bits per heavy atom. The van der Waals surface area contributed by atoms with Crippen molar-refractivity contribution in [3.05, 3.63) is 33.1 Å². The zero-order valence-corrected chi connectivity index (χ0v) is 13.5. The first kappa shape index (κ1) is 16.2. The molecule has 1 aliphatic heterocycles. The number of carboxylic acids is 1. The van der Waals surface area contributed by atoms with E-state index in [9.17, 15) is 14.0 Å². The summed E-state index contributed by atoms with van der Waals surface area (Å²) >= 11 is 1.95. The van der Waals surface area contributed by atoms with Gasteiger partial charge < -0.3 is 10.0 Å². The van der Waals surface area contributed by atoms with E-state index in [4.69, 9.17) is 5.11 Å². The van der Waals surface area contributed by atoms with Gasteiger partial charge >= 0.3 is 5.97 Å². The molecule has 1 heterocycles. The van der Waals surface area contributed by atoms with Crippen molar-refractivity contribution >= 4 is 34.5 Å². The normalized spacial score (nSPS) is 16.6. The first-order valence-electron chi connectivity index (χ1n) is 6.66. The molecule has 7 heteroatoms. The predicted octanol–water partition coefficient (Wildman–Crippen LogP) is 1.66. The Bertz CT molecular complexity index is 553. The maximum absolute atomic E-state index is 13.1. The molecular weight excluding hydrogens is 390 g/mol. The van der Waals surface area contributed by atoms with Gasteiger partial charge in [0.2, 0.25) is 0 Å². The van der Waals surface area contributed by atoms with E-state index in [0.717, 1.165) is 6.42 Å². The van der Waals surface area contributed by atoms with Gasteiger partial charge in [-0.25, -0.2) is 4.39 Å². The van der Waals surface area contributed by atoms with Gasteiger partial charge in [0.25, 0.3) is 5.91 Å². The molecule has 1 aromatic rings. The molecule has 1 amide bonds. The fraction of sp³-hybridized carbons (Fsp3) is 0.429. The van der Waals surface area contributed by atoms with Crippen LogP contribution in [0.4, 0.5) is 4.39 Å². The van der Waals surface area contributed by atoms with E-state index < -0.39 is 5.97 Å². The highest BCUT2D eigenvalue weighted by molar-refractivity contribution is 14.1. The quantitative estimate of drug-likeness (QED) is 0.776. The van der Waals surface area contributed by atoms with Crippen LogP contribution in [0.5, 0.6) is 0 Å². The average Bonchev–Trinajstić information content (AvgIpc) is 2.63. The summed E-state index contributed by atoms with van der Waals surface area (Å²) in [5.41, 5.74) is 0.490. The Balaban J connectivity index is 2.04. The molecule has 0 atom stereocenters. The summed E-state index contributed by atoms with van der Waals surface area (Å²) in [6.45, 7) is 2.27. The first-order valence-corrected chi connectivity index (χ1v) is 7.73. The third-order valence-corrected chi connectivity index (χ3v) is 4.29. The van der Waals surface area contributed by atoms with Gasteiger partial charge in [-0.2, -0.15) is 0 Å². The van der Waals surface area contributed by atoms with Gasteiger partial charge in [-0.3, -0.25) is 14.5 Å². The lowest BCUT2D eigenvalue weighted by atomic mass is 10.2. The number of carbonyl (C=O) groups excluding carboxylic acids is 1. The standard InChI is InChI=1S/C14H16FIN2O3/c15-10-2-3-11(12(16)8-10)14(21)18-5-1-4-17(6-7-18)9-13(19)20/h2-3,8H,1,4-7,9H2,(H,19,20). The molecule has 1 aliphatic rings. The predicted molar refractivity (Wildman–Crippen MR) is 83.7 cm³/mol. The molecule has 0 aromatic heterocycles. The zero-order chi connectivity index (χ0) is 15.4. The third kappa shape index (κ3) is 4.37. The van der Waals surface area contributed by atoms with Gasteiger partial charge in [0.15, 0.2) is 0 Å². The van der Waals surface area contributed by atoms with Crippen LogP contribution in [0.2, 0.25) is 0 Å². The number of amides is 1. The van der Waals surface area contributed by atoms with E-state index >= 15 is 0 Å². The van der Waals surface area contributed by atoms with Gasteiger partial charge in [-0.05, 0) is 47.2 Å². The van der Waals surface area contributed by atoms with Crippen molar-refractivity contribution in [1.82, 2.24) is 9.80 Å². The minimum absolute atomic E-state index is 0.00386. The average molecular weight is 406 g/mol. The van der Waals surface area contributed by atoms with E-state index in [1.165, 1.54) is 18.2 Å². The van der Waals surface area contributed by atoms with Gasteiger partial charge in [0.05, 0.1) is 12.1 Å². The largest absolute Gasteiger partial charge is 0.480 e. The monoisotopic (exact) mass is 406 g/mol. The molecule has 0 radical (unpaired) electrons. The molecule has 0 saturated carbocycles. The number of carboxylic acid groups (broad SMARTS) is 1. The number of hydrogen-bond donors (Lipinski definition) is 1. The van der Waals surface area contributed by atoms with E-state index in [2.05, 4.69) is 0 Å². The summed E-state index contributed by atoms with van der Waals surface area (Å²) in [6.07, 6.45) is 0.733. The van der Waals surface area contributed by atoms with Crippen LogP contribution in [0.25, 0.3) is 0 Å². The molecule has 0 bridgehead atoms. The summed E-state index contributed by atoms with van der Waals surface area (Å²) in [5.74, 6) is -1.35. The number of rotatable bonds is 3. The van der Waals surface area contributed by atoms with Gasteiger partial charge in [0.1, 0.15) is 5.82 Å². The van der Waals surface area contributed by atoms with Gasteiger partial charge in [0, 0.05) is 29.7 Å². The fourth-order valence-corrected chi connectivity index (χ4v) is 3.06. The Morgan fingerprint density at radius 3 is 2.67 bits per heavy atom. The highest BCUT2D eigenvalue weighted by Gasteiger charge is 2.22. The Kier molecular flexibility index (Phi) is 5.51. The van der Waals surface area contributed by atoms with Crippen molar-refractivity contribution in [2.24, 2.45) is 0 Å². The number of hydrogen-bond acceptors (Lipinski definition) is 3. The summed E-state index contributed by atoms with van der Waals surface area (Å²) in [5, 5.41) is 8.81. The van der Waals surface area contributed by atoms with Crippen LogP contribution in [0.3, 0.4) is 0 Å². The van der Waals surface area contributed by atoms with E-state index in [0.29, 0.717) is 35.3 Å².